The maximum Gasteiger partial charge on any atom is 0.161 e. The molecule has 0 spiro atoms. The summed E-state index contributed by atoms with van der Waals surface area (Å²) in [4.78, 5) is -0.716. The Morgan fingerprint density at radius 2 is 1.65 bits per heavy atom. The van der Waals surface area contributed by atoms with E-state index in [0.717, 1.165) is 6.07 Å². The minimum atomic E-state index is -1.23. The van der Waals surface area contributed by atoms with Crippen molar-refractivity contribution in [1.82, 2.24) is 0 Å². The van der Waals surface area contributed by atoms with Crippen molar-refractivity contribution in [1.29, 1.82) is 0 Å². The van der Waals surface area contributed by atoms with Gasteiger partial charge in [-0.3, -0.25) is 0 Å². The average Bonchev–Trinajstić information content (AvgIpc) is 2.42. The van der Waals surface area contributed by atoms with E-state index in [-0.39, 0.29) is 5.56 Å². The lowest BCUT2D eigenvalue weighted by atomic mass is 10.0. The summed E-state index contributed by atoms with van der Waals surface area (Å²) in [7, 11) is 1.45. The molecule has 0 fully saturated rings. The van der Waals surface area contributed by atoms with Gasteiger partial charge in [0.05, 0.1) is 11.9 Å². The third-order valence-electron chi connectivity index (χ3n) is 2.78. The van der Waals surface area contributed by atoms with Gasteiger partial charge in [-0.05, 0) is 24.3 Å². The summed E-state index contributed by atoms with van der Waals surface area (Å²) in [5.41, 5.74) is 0.481. The number of hydrogen-bond acceptors (Lipinski definition) is 1. The molecule has 0 bridgehead atoms. The molecule has 0 aliphatic heterocycles. The molecular formula is C14H9BrClF3O. The molecular weight excluding hydrogens is 357 g/mol. The summed E-state index contributed by atoms with van der Waals surface area (Å²) in [6, 6.07) is 6.12. The second-order valence-electron chi connectivity index (χ2n) is 4.04. The minimum Gasteiger partial charge on any atom is -0.496 e. The molecule has 0 aromatic heterocycles. The van der Waals surface area contributed by atoms with Gasteiger partial charge in [0.1, 0.15) is 11.6 Å². The van der Waals surface area contributed by atoms with Crippen LogP contribution in [0.25, 0.3) is 0 Å². The van der Waals surface area contributed by atoms with Crippen molar-refractivity contribution in [3.8, 4) is 5.75 Å². The largest absolute Gasteiger partial charge is 0.496 e. The van der Waals surface area contributed by atoms with E-state index in [0.29, 0.717) is 22.4 Å². The van der Waals surface area contributed by atoms with Crippen LogP contribution < -0.4 is 4.74 Å². The molecule has 0 N–H and O–H groups in total. The third kappa shape index (κ3) is 2.94. The molecule has 0 saturated carbocycles. The highest BCUT2D eigenvalue weighted by atomic mass is 79.9. The van der Waals surface area contributed by atoms with Crippen molar-refractivity contribution in [2.45, 2.75) is 4.83 Å². The van der Waals surface area contributed by atoms with Crippen molar-refractivity contribution in [2.24, 2.45) is 0 Å². The lowest BCUT2D eigenvalue weighted by molar-refractivity contribution is 0.410. The monoisotopic (exact) mass is 364 g/mol. The van der Waals surface area contributed by atoms with Gasteiger partial charge < -0.3 is 4.74 Å². The van der Waals surface area contributed by atoms with E-state index < -0.39 is 22.3 Å². The van der Waals surface area contributed by atoms with Gasteiger partial charge in [-0.1, -0.05) is 27.5 Å². The fourth-order valence-corrected chi connectivity index (χ4v) is 2.69. The van der Waals surface area contributed by atoms with E-state index >= 15 is 0 Å². The number of hydrogen-bond donors (Lipinski definition) is 0. The first-order valence-corrected chi connectivity index (χ1v) is 6.85. The molecule has 1 unspecified atom stereocenters. The zero-order valence-electron chi connectivity index (χ0n) is 10.3. The second-order valence-corrected chi connectivity index (χ2v) is 5.39. The van der Waals surface area contributed by atoms with Gasteiger partial charge in [-0.2, -0.15) is 0 Å². The van der Waals surface area contributed by atoms with Gasteiger partial charge in [0.2, 0.25) is 0 Å². The number of halogens is 5. The quantitative estimate of drug-likeness (QED) is 0.533. The Morgan fingerprint density at radius 3 is 2.30 bits per heavy atom. The molecule has 6 heteroatoms. The van der Waals surface area contributed by atoms with Crippen molar-refractivity contribution in [3.05, 3.63) is 63.9 Å². The van der Waals surface area contributed by atoms with Crippen LogP contribution in [-0.4, -0.2) is 7.11 Å². The predicted octanol–water partition coefficient (Wildman–Crippen LogP) is 5.25. The van der Waals surface area contributed by atoms with Gasteiger partial charge in [0.15, 0.2) is 11.6 Å². The normalized spacial score (nSPS) is 12.3. The van der Waals surface area contributed by atoms with Gasteiger partial charge in [-0.25, -0.2) is 13.2 Å². The topological polar surface area (TPSA) is 9.23 Å². The number of ether oxygens (including phenoxy) is 1. The molecule has 0 amide bonds. The minimum absolute atomic E-state index is 0.0375. The molecule has 0 aliphatic rings. The molecule has 1 atom stereocenters. The number of methoxy groups -OCH3 is 1. The summed E-state index contributed by atoms with van der Waals surface area (Å²) in [5.74, 6) is -2.75. The molecule has 0 radical (unpaired) electrons. The van der Waals surface area contributed by atoms with Gasteiger partial charge in [-0.15, -0.1) is 0 Å². The van der Waals surface area contributed by atoms with Crippen LogP contribution in [0.5, 0.6) is 5.75 Å². The lowest BCUT2D eigenvalue weighted by Crippen LogP contribution is -2.02. The Bertz CT molecular complexity index is 649. The van der Waals surface area contributed by atoms with Gasteiger partial charge in [0.25, 0.3) is 0 Å². The summed E-state index contributed by atoms with van der Waals surface area (Å²) < 4.78 is 45.2. The Balaban J connectivity index is 2.54. The third-order valence-corrected chi connectivity index (χ3v) is 4.00. The van der Waals surface area contributed by atoms with Crippen molar-refractivity contribution in [3.63, 3.8) is 0 Å². The van der Waals surface area contributed by atoms with E-state index in [1.807, 2.05) is 0 Å². The molecule has 0 aliphatic carbocycles. The fourth-order valence-electron chi connectivity index (χ4n) is 1.80. The molecule has 0 saturated heterocycles. The lowest BCUT2D eigenvalue weighted by Gasteiger charge is -2.16. The van der Waals surface area contributed by atoms with E-state index in [4.69, 9.17) is 16.3 Å². The number of rotatable bonds is 3. The first-order valence-electron chi connectivity index (χ1n) is 5.56. The molecule has 2 rings (SSSR count). The zero-order chi connectivity index (χ0) is 14.9. The SMILES string of the molecule is COc1ccc(Cl)cc1C(Br)c1cc(F)c(F)cc1F. The Morgan fingerprint density at radius 1 is 1.00 bits per heavy atom. The van der Waals surface area contributed by atoms with Crippen molar-refractivity contribution < 1.29 is 17.9 Å². The van der Waals surface area contributed by atoms with Gasteiger partial charge >= 0.3 is 0 Å². The highest BCUT2D eigenvalue weighted by Crippen LogP contribution is 2.39. The predicted molar refractivity (Wildman–Crippen MR) is 75.1 cm³/mol. The summed E-state index contributed by atoms with van der Waals surface area (Å²) in [5, 5.41) is 0.424. The molecule has 20 heavy (non-hydrogen) atoms. The standard InChI is InChI=1S/C14H9BrClF3O/c1-20-13-3-2-7(16)4-9(13)14(15)8-5-11(18)12(19)6-10(8)17/h2-6,14H,1H3. The number of alkyl halides is 1. The summed E-state index contributed by atoms with van der Waals surface area (Å²) in [6.07, 6.45) is 0. The van der Waals surface area contributed by atoms with E-state index in [1.54, 1.807) is 18.2 Å². The van der Waals surface area contributed by atoms with Crippen LogP contribution in [0.4, 0.5) is 13.2 Å². The fraction of sp³-hybridized carbons (Fsp3) is 0.143. The molecule has 2 aromatic rings. The van der Waals surface area contributed by atoms with Gasteiger partial charge in [0, 0.05) is 22.2 Å². The molecule has 106 valence electrons. The van der Waals surface area contributed by atoms with Crippen LogP contribution in [0.1, 0.15) is 16.0 Å². The highest BCUT2D eigenvalue weighted by Gasteiger charge is 2.21. The van der Waals surface area contributed by atoms with Crippen LogP contribution in [0.3, 0.4) is 0 Å². The summed E-state index contributed by atoms with van der Waals surface area (Å²) >= 11 is 9.16. The van der Waals surface area contributed by atoms with Crippen LogP contribution in [0, 0.1) is 17.5 Å². The first kappa shape index (κ1) is 15.2. The van der Waals surface area contributed by atoms with Crippen molar-refractivity contribution >= 4 is 27.5 Å². The highest BCUT2D eigenvalue weighted by molar-refractivity contribution is 9.09. The second kappa shape index (κ2) is 6.06. The van der Waals surface area contributed by atoms with E-state index in [2.05, 4.69) is 15.9 Å². The zero-order valence-corrected chi connectivity index (χ0v) is 12.6. The maximum absolute atomic E-state index is 13.8. The van der Waals surface area contributed by atoms with Crippen LogP contribution >= 0.6 is 27.5 Å². The summed E-state index contributed by atoms with van der Waals surface area (Å²) in [6.45, 7) is 0. The Kier molecular flexibility index (Phi) is 4.60. The van der Waals surface area contributed by atoms with Crippen LogP contribution in [-0.2, 0) is 0 Å². The van der Waals surface area contributed by atoms with Crippen LogP contribution in [0.2, 0.25) is 5.02 Å². The van der Waals surface area contributed by atoms with Crippen molar-refractivity contribution in [2.75, 3.05) is 7.11 Å². The van der Waals surface area contributed by atoms with Crippen LogP contribution in [0.15, 0.2) is 30.3 Å². The maximum atomic E-state index is 13.8. The Hall–Kier alpha value is -1.20. The molecule has 1 nitrogen and oxygen atoms in total. The number of benzene rings is 2. The van der Waals surface area contributed by atoms with E-state index in [1.165, 1.54) is 7.11 Å². The van der Waals surface area contributed by atoms with E-state index in [9.17, 15) is 13.2 Å². The smallest absolute Gasteiger partial charge is 0.161 e. The molecule has 0 heterocycles. The molecule has 2 aromatic carbocycles. The Labute approximate surface area is 127 Å². The first-order chi connectivity index (χ1) is 9.43. The average molecular weight is 366 g/mol.